The fourth-order valence-electron chi connectivity index (χ4n) is 5.91. The van der Waals surface area contributed by atoms with Crippen LogP contribution in [0.3, 0.4) is 0 Å². The van der Waals surface area contributed by atoms with Crippen LogP contribution in [0.1, 0.15) is 32.0 Å². The summed E-state index contributed by atoms with van der Waals surface area (Å²) < 4.78 is 14.2. The number of amides is 4. The fraction of sp³-hybridized carbons (Fsp3) is 0.444. The van der Waals surface area contributed by atoms with Crippen LogP contribution in [-0.2, 0) is 33.4 Å². The summed E-state index contributed by atoms with van der Waals surface area (Å²) in [7, 11) is 0. The Morgan fingerprint density at radius 3 is 2.72 bits per heavy atom. The number of nitrogens with two attached hydrogens (primary N) is 1. The normalized spacial score (nSPS) is 25.4. The summed E-state index contributed by atoms with van der Waals surface area (Å²) in [5.41, 5.74) is 5.81. The van der Waals surface area contributed by atoms with Crippen molar-refractivity contribution in [1.29, 1.82) is 0 Å². The van der Waals surface area contributed by atoms with Gasteiger partial charge >= 0.3 is 12.1 Å². The van der Waals surface area contributed by atoms with Crippen molar-refractivity contribution < 1.29 is 48.6 Å². The zero-order valence-corrected chi connectivity index (χ0v) is 26.3. The number of ether oxygens (including phenoxy) is 2. The number of nitrogens with zero attached hydrogens (tertiary/aromatic N) is 6. The summed E-state index contributed by atoms with van der Waals surface area (Å²) in [6.07, 6.45) is 1.87. The molecule has 20 heteroatoms. The molecular weight excluding hydrogens is 660 g/mol. The Balaban J connectivity index is 1.09. The summed E-state index contributed by atoms with van der Waals surface area (Å²) in [6, 6.07) is -1.42. The maximum Gasteiger partial charge on any atom is 0.410 e. The third-order valence-corrected chi connectivity index (χ3v) is 10.1. The average Bonchev–Trinajstić information content (AvgIpc) is 3.83. The van der Waals surface area contributed by atoms with Crippen LogP contribution in [0, 0.1) is 0 Å². The molecule has 0 bridgehead atoms. The Hall–Kier alpha value is -4.98. The number of fused-ring (bicyclic) bond motifs is 1. The second-order valence-corrected chi connectivity index (χ2v) is 13.0. The van der Waals surface area contributed by atoms with E-state index in [4.69, 9.17) is 15.2 Å². The van der Waals surface area contributed by atoms with E-state index in [1.54, 1.807) is 11.8 Å². The minimum absolute atomic E-state index is 0.0290. The molecule has 4 amide bonds. The lowest BCUT2D eigenvalue weighted by Gasteiger charge is -2.50. The van der Waals surface area contributed by atoms with Crippen LogP contribution in [0.5, 0.6) is 0 Å². The number of hydrogen-bond donors (Lipinski definition) is 3. The van der Waals surface area contributed by atoms with Gasteiger partial charge in [0.25, 0.3) is 11.8 Å². The van der Waals surface area contributed by atoms with Gasteiger partial charge in [0, 0.05) is 42.5 Å². The number of nitrogens with one attached hydrogen (secondary N) is 1. The minimum atomic E-state index is -1.62. The van der Waals surface area contributed by atoms with Crippen LogP contribution in [-0.4, -0.2) is 120 Å². The number of rotatable bonds is 8. The van der Waals surface area contributed by atoms with Gasteiger partial charge in [-0.05, 0) is 37.0 Å². The number of aliphatic carboxylic acids is 1. The van der Waals surface area contributed by atoms with Crippen LogP contribution < -0.4 is 16.2 Å². The highest BCUT2D eigenvalue weighted by atomic mass is 32.2. The van der Waals surface area contributed by atoms with E-state index in [2.05, 4.69) is 19.8 Å². The first-order valence-corrected chi connectivity index (χ1v) is 16.1. The van der Waals surface area contributed by atoms with Crippen molar-refractivity contribution in [2.75, 3.05) is 37.7 Å². The molecule has 6 rings (SSSR count). The Bertz CT molecular complexity index is 1720. The van der Waals surface area contributed by atoms with E-state index in [-0.39, 0.29) is 53.8 Å². The van der Waals surface area contributed by atoms with Crippen LogP contribution in [0.4, 0.5) is 9.93 Å². The second-order valence-electron chi connectivity index (χ2n) is 11.1. The van der Waals surface area contributed by atoms with Crippen LogP contribution >= 0.6 is 23.3 Å². The minimum Gasteiger partial charge on any atom is -0.543 e. The Labute approximate surface area is 274 Å². The number of carbonyl (C=O) groups is 6. The number of likely N-dealkylation sites (tertiary alicyclic amines) is 2. The van der Waals surface area contributed by atoms with E-state index in [0.717, 1.165) is 16.4 Å². The largest absolute Gasteiger partial charge is 0.543 e. The average molecular weight is 688 g/mol. The van der Waals surface area contributed by atoms with E-state index >= 15 is 0 Å². The summed E-state index contributed by atoms with van der Waals surface area (Å²) in [4.78, 5) is 83.3. The van der Waals surface area contributed by atoms with Gasteiger partial charge in [-0.25, -0.2) is 4.79 Å². The molecule has 5 aliphatic rings. The molecule has 1 aromatic heterocycles. The molecular formula is C27H27N8O10S2-. The molecule has 248 valence electrons. The Morgan fingerprint density at radius 1 is 1.28 bits per heavy atom. The number of allylic oxidation sites excluding steroid dienone is 1. The monoisotopic (exact) mass is 687 g/mol. The zero-order chi connectivity index (χ0) is 33.6. The van der Waals surface area contributed by atoms with Crippen molar-refractivity contribution in [3.05, 3.63) is 40.1 Å². The molecule has 18 nitrogen and oxygen atoms in total. The van der Waals surface area contributed by atoms with Gasteiger partial charge in [-0.1, -0.05) is 5.16 Å². The van der Waals surface area contributed by atoms with E-state index in [1.807, 2.05) is 0 Å². The topological polar surface area (TPSA) is 250 Å². The van der Waals surface area contributed by atoms with Crippen molar-refractivity contribution in [1.82, 2.24) is 29.4 Å². The number of carboxylic acids is 1. The van der Waals surface area contributed by atoms with Gasteiger partial charge in [0.1, 0.15) is 17.2 Å². The predicted molar refractivity (Wildman–Crippen MR) is 159 cm³/mol. The van der Waals surface area contributed by atoms with Gasteiger partial charge in [0.15, 0.2) is 11.7 Å². The van der Waals surface area contributed by atoms with E-state index in [9.17, 15) is 39.1 Å². The first-order chi connectivity index (χ1) is 22.5. The number of cyclic esters (lactones) is 1. The number of anilines is 1. The van der Waals surface area contributed by atoms with E-state index in [1.165, 1.54) is 22.7 Å². The molecule has 0 saturated carbocycles. The molecule has 47 heavy (non-hydrogen) atoms. The van der Waals surface area contributed by atoms with Crippen LogP contribution in [0.25, 0.3) is 0 Å². The number of aromatic nitrogens is 2. The van der Waals surface area contributed by atoms with Crippen molar-refractivity contribution >= 4 is 69.9 Å². The van der Waals surface area contributed by atoms with E-state index < -0.39 is 52.7 Å². The third-order valence-electron chi connectivity index (χ3n) is 8.26. The fourth-order valence-corrected chi connectivity index (χ4v) is 7.65. The third kappa shape index (κ3) is 6.00. The first kappa shape index (κ1) is 32.0. The van der Waals surface area contributed by atoms with Crippen molar-refractivity contribution in [2.24, 2.45) is 5.16 Å². The predicted octanol–water partition coefficient (Wildman–Crippen LogP) is -1.71. The lowest BCUT2D eigenvalue weighted by Crippen LogP contribution is -2.71. The van der Waals surface area contributed by atoms with Crippen molar-refractivity contribution in [3.8, 4) is 0 Å². The molecule has 0 spiro atoms. The molecule has 0 unspecified atom stereocenters. The molecule has 0 radical (unpaired) electrons. The highest BCUT2D eigenvalue weighted by Gasteiger charge is 2.53. The number of esters is 1. The number of nitrogen functional groups attached to an aromatic ring is 1. The first-order valence-electron chi connectivity index (χ1n) is 14.3. The van der Waals surface area contributed by atoms with Crippen molar-refractivity contribution in [2.45, 2.75) is 43.6 Å². The molecule has 3 saturated heterocycles. The van der Waals surface area contributed by atoms with Gasteiger partial charge in [-0.2, -0.15) is 9.36 Å². The molecule has 3 atom stereocenters. The van der Waals surface area contributed by atoms with Gasteiger partial charge in [-0.3, -0.25) is 24.1 Å². The lowest BCUT2D eigenvalue weighted by molar-refractivity contribution is -0.301. The highest BCUT2D eigenvalue weighted by Crippen LogP contribution is 2.41. The molecule has 5 aliphatic heterocycles. The van der Waals surface area contributed by atoms with Gasteiger partial charge in [0.2, 0.25) is 17.4 Å². The molecule has 3 fully saturated rings. The number of β-lactam (4-membered cyclic amide) rings is 1. The summed E-state index contributed by atoms with van der Waals surface area (Å²) in [5, 5.41) is 26.1. The summed E-state index contributed by atoms with van der Waals surface area (Å²) >= 11 is 1.95. The van der Waals surface area contributed by atoms with Gasteiger partial charge in [-0.15, -0.1) is 11.8 Å². The van der Waals surface area contributed by atoms with Crippen LogP contribution in [0.2, 0.25) is 0 Å². The maximum absolute atomic E-state index is 13.4. The zero-order valence-electron chi connectivity index (χ0n) is 24.7. The summed E-state index contributed by atoms with van der Waals surface area (Å²) in [6.45, 7) is 2.52. The number of carboxylic acid groups (broad SMARTS) is 1. The number of thioether (sulfide) groups is 1. The van der Waals surface area contributed by atoms with Crippen LogP contribution in [0.15, 0.2) is 39.4 Å². The Morgan fingerprint density at radius 2 is 2.06 bits per heavy atom. The summed E-state index contributed by atoms with van der Waals surface area (Å²) in [5.74, 6) is -3.84. The molecule has 6 heterocycles. The lowest BCUT2D eigenvalue weighted by atomic mass is 10.0. The SMILES string of the molecule is CC1=C(COC(=O)N2CC[C@@H](N3CC/C(=C\C4=C(C(=O)[O-])N5C(=O)[C@@H](NC(=O)/C(=N/O)c6nsc(N)n6)[C@H]5SC4)C3=O)C2)OC(=O)C1. The Kier molecular flexibility index (Phi) is 8.62. The smallest absolute Gasteiger partial charge is 0.410 e. The van der Waals surface area contributed by atoms with Gasteiger partial charge < -0.3 is 45.4 Å². The van der Waals surface area contributed by atoms with Gasteiger partial charge in [0.05, 0.1) is 24.1 Å². The number of oxime groups is 1. The quantitative estimate of drug-likeness (QED) is 0.0688. The standard InChI is InChI=1S/C27H28N8O10S2/c1-11-6-16(36)45-15(11)9-44-27(42)33-4-3-14(8-33)34-5-2-12(22(34)38)7-13-10-46-24-18(23(39)35(24)19(13)25(40)41)29-21(37)17(31-43)20-30-26(28)47-32-20/h7,14,18,24,43H,2-6,8-10H2,1H3,(H,29,37)(H,40,41)(H2,28,30,32)/p-1/b12-7+,31-17+/t14-,18-,24-/m1/s1. The maximum atomic E-state index is 13.4. The molecule has 0 aromatic carbocycles. The molecule has 1 aromatic rings. The molecule has 4 N–H and O–H groups in total. The highest BCUT2D eigenvalue weighted by molar-refractivity contribution is 8.00. The van der Waals surface area contributed by atoms with Crippen molar-refractivity contribution in [3.63, 3.8) is 0 Å². The number of carbonyl (C=O) groups excluding carboxylic acids is 6. The van der Waals surface area contributed by atoms with E-state index in [0.29, 0.717) is 42.8 Å². The second kappa shape index (κ2) is 12.7. The number of hydrogen-bond acceptors (Lipinski definition) is 16. The molecule has 0 aliphatic carbocycles.